The zero-order valence-electron chi connectivity index (χ0n) is 64.1. The summed E-state index contributed by atoms with van der Waals surface area (Å²) in [7, 11) is 2.68. The number of carboxylic acids is 2. The number of fused-ring (bicyclic) bond motifs is 2. The number of aromatic nitrogens is 4. The first-order valence-corrected chi connectivity index (χ1v) is 38.2. The van der Waals surface area contributed by atoms with Gasteiger partial charge < -0.3 is 87.6 Å². The summed E-state index contributed by atoms with van der Waals surface area (Å²) in [6.07, 6.45) is 30.2. The van der Waals surface area contributed by atoms with E-state index in [0.29, 0.717) is 56.0 Å². The molecule has 4 atom stereocenters. The number of aromatic carboxylic acids is 1. The molecular formula is C86H102N8O18. The molecule has 15 rings (SSSR count). The number of amides is 2. The highest BCUT2D eigenvalue weighted by atomic mass is 16.6. The average Bonchev–Trinajstić information content (AvgIpc) is 1.62. The van der Waals surface area contributed by atoms with Gasteiger partial charge in [-0.05, 0) is 199 Å². The molecule has 7 N–H and O–H groups in total. The van der Waals surface area contributed by atoms with Gasteiger partial charge in [0.25, 0.3) is 5.91 Å². The summed E-state index contributed by atoms with van der Waals surface area (Å²) in [5.41, 5.74) is 8.50. The van der Waals surface area contributed by atoms with Crippen LogP contribution in [0.4, 0.5) is 4.79 Å². The minimum Gasteiger partial charge on any atom is -0.508 e. The quantitative estimate of drug-likeness (QED) is 0.0268. The van der Waals surface area contributed by atoms with Crippen LogP contribution in [0.25, 0.3) is 63.1 Å². The molecule has 8 heterocycles. The third kappa shape index (κ3) is 24.8. The summed E-state index contributed by atoms with van der Waals surface area (Å²) in [5.74, 6) is 0.842. The molecule has 0 radical (unpaired) electrons. The van der Waals surface area contributed by atoms with Crippen molar-refractivity contribution in [1.29, 1.82) is 0 Å². The van der Waals surface area contributed by atoms with Crippen molar-refractivity contribution in [3.8, 4) is 40.0 Å². The van der Waals surface area contributed by atoms with Crippen molar-refractivity contribution >= 4 is 76.2 Å². The van der Waals surface area contributed by atoms with Gasteiger partial charge in [-0.3, -0.25) is 4.79 Å². The molecule has 2 saturated carbocycles. The number of aliphatic hydroxyl groups is 2. The van der Waals surface area contributed by atoms with Gasteiger partial charge in [-0.25, -0.2) is 33.9 Å². The highest BCUT2D eigenvalue weighted by Crippen LogP contribution is 2.39. The first kappa shape index (κ1) is 83.2. The topological polar surface area (TPSA) is 342 Å². The maximum Gasteiger partial charge on any atom is 0.410 e. The Morgan fingerprint density at radius 3 is 1.43 bits per heavy atom. The van der Waals surface area contributed by atoms with E-state index >= 15 is 0 Å². The number of imidazole rings is 2. The Morgan fingerprint density at radius 2 is 1.00 bits per heavy atom. The number of nitrogens with zero attached hydrogens (tertiary/aromatic N) is 6. The first-order valence-electron chi connectivity index (χ1n) is 38.2. The molecule has 26 heteroatoms. The number of β-amino-alcohol motifs (C(OH)–C–C–N with tert-alkyl or cyclic N) is 2. The van der Waals surface area contributed by atoms with Crippen LogP contribution in [-0.4, -0.2) is 187 Å². The number of likely N-dealkylation sites (tertiary alicyclic amines) is 2. The summed E-state index contributed by atoms with van der Waals surface area (Å²) in [5, 5.41) is 51.1. The molecule has 1 unspecified atom stereocenters. The lowest BCUT2D eigenvalue weighted by Gasteiger charge is -2.25. The highest BCUT2D eigenvalue weighted by molar-refractivity contribution is 5.98. The number of ether oxygens (including phenoxy) is 5. The molecule has 9 aromatic rings. The predicted molar refractivity (Wildman–Crippen MR) is 425 cm³/mol. The van der Waals surface area contributed by atoms with Crippen molar-refractivity contribution in [2.24, 2.45) is 0 Å². The largest absolute Gasteiger partial charge is 0.508 e. The number of hydrogen-bond acceptors (Lipinski definition) is 20. The van der Waals surface area contributed by atoms with E-state index in [-0.39, 0.29) is 53.7 Å². The number of nitrogens with one attached hydrogen (secondary N) is 2. The molecule has 6 aliphatic rings. The maximum absolute atomic E-state index is 13.4. The van der Waals surface area contributed by atoms with E-state index in [1.54, 1.807) is 73.6 Å². The molecule has 594 valence electrons. The summed E-state index contributed by atoms with van der Waals surface area (Å²) < 4.78 is 41.2. The van der Waals surface area contributed by atoms with Crippen LogP contribution in [0.5, 0.6) is 17.2 Å². The normalized spacial score (nSPS) is 18.5. The first-order chi connectivity index (χ1) is 54.1. The number of methoxy groups -OCH3 is 2. The number of carbonyl (C=O) groups excluding carboxylic acids is 4. The lowest BCUT2D eigenvalue weighted by atomic mass is 9.95. The molecule has 2 amide bonds. The van der Waals surface area contributed by atoms with Gasteiger partial charge in [0.15, 0.2) is 0 Å². The van der Waals surface area contributed by atoms with Crippen LogP contribution in [0, 0.1) is 0 Å². The average molecular weight is 1540 g/mol. The third-order valence-electron chi connectivity index (χ3n) is 19.5. The molecule has 6 fully saturated rings. The predicted octanol–water partition coefficient (Wildman–Crippen LogP) is 14.2. The standard InChI is InChI=1S/C31H31N3O5.C18H18N2O3.C14H17NO3.C10H10O3.C9H17NO3.C4H9NO/c35-29(36)13-8-21-6-10-25(11-7-21)39-26-14-16-33(19-26)31(37)22-9-12-28-27(18-22)32-30(23-15-17-38-20-23)34(28)24-4-2-1-3-5-24;21-18(22)12-6-7-16-15(10-12)19-17(13-8-9-23-11-13)20(16)14-4-2-1-3-5-14;1-17-14(16)7-4-11-2-5-12(6-3-11)18-13-8-9-15-10-13;1-13-10(12)7-4-8-2-5-9(11)6-3-8;1-9(2,3)13-8(12)10-5-4-7(11)6-10;6-4-1-2-5-3-4/h6-13,15,17-18,20,24,26H,1-5,14,16,19H2,(H,35,36);6-11,14H,1-5H2,(H,21,22);2-7,13,15H,8-10H2,1H3;2-7,11H,1H3;7,11H,4-6H2,1-3H3;4-6H,1-3H2/b13-8+;;2*7-4+;;/t26-;;;;7-;4-/m0...11/s1. The number of aliphatic carboxylic acids is 1. The van der Waals surface area contributed by atoms with Crippen molar-refractivity contribution in [3.05, 3.63) is 192 Å². The summed E-state index contributed by atoms with van der Waals surface area (Å²) in [6.45, 7) is 11.3. The Balaban J connectivity index is 0.000000156. The fourth-order valence-electron chi connectivity index (χ4n) is 13.8. The van der Waals surface area contributed by atoms with Crippen molar-refractivity contribution in [2.75, 3.05) is 66.6 Å². The van der Waals surface area contributed by atoms with Crippen LogP contribution in [0.2, 0.25) is 0 Å². The van der Waals surface area contributed by atoms with Gasteiger partial charge in [0.05, 0.1) is 84.3 Å². The molecule has 0 spiro atoms. The number of furan rings is 2. The smallest absolute Gasteiger partial charge is 0.410 e. The monoisotopic (exact) mass is 1530 g/mol. The van der Waals surface area contributed by atoms with Crippen molar-refractivity contribution < 1.29 is 86.8 Å². The van der Waals surface area contributed by atoms with Gasteiger partial charge in [-0.2, -0.15) is 0 Å². The van der Waals surface area contributed by atoms with E-state index in [0.717, 1.165) is 144 Å². The third-order valence-corrected chi connectivity index (χ3v) is 19.5. The fraction of sp³-hybridized carbons (Fsp3) is 0.395. The Morgan fingerprint density at radius 1 is 0.518 bits per heavy atom. The Kier molecular flexibility index (Phi) is 30.5. The molecule has 4 saturated heterocycles. The molecule has 26 nitrogen and oxygen atoms in total. The van der Waals surface area contributed by atoms with Gasteiger partial charge in [0.2, 0.25) is 0 Å². The van der Waals surface area contributed by atoms with Crippen LogP contribution in [0.1, 0.15) is 160 Å². The van der Waals surface area contributed by atoms with Crippen molar-refractivity contribution in [3.63, 3.8) is 0 Å². The van der Waals surface area contributed by atoms with E-state index in [4.69, 9.17) is 48.3 Å². The van der Waals surface area contributed by atoms with Crippen LogP contribution in [0.15, 0.2) is 173 Å². The number of carbonyl (C=O) groups is 6. The number of rotatable bonds is 16. The second kappa shape index (κ2) is 41.1. The number of benzene rings is 5. The molecule has 5 aromatic carbocycles. The molecule has 4 aromatic heterocycles. The number of hydrogen-bond donors (Lipinski definition) is 7. The van der Waals surface area contributed by atoms with E-state index in [1.807, 2.05) is 111 Å². The van der Waals surface area contributed by atoms with Gasteiger partial charge in [0.1, 0.15) is 59.2 Å². The maximum atomic E-state index is 13.4. The van der Waals surface area contributed by atoms with Crippen LogP contribution in [0.3, 0.4) is 0 Å². The number of carboxylic acid groups (broad SMARTS) is 2. The lowest BCUT2D eigenvalue weighted by Crippen LogP contribution is -2.35. The van der Waals surface area contributed by atoms with Crippen molar-refractivity contribution in [1.82, 2.24) is 39.5 Å². The molecule has 4 aliphatic heterocycles. The van der Waals surface area contributed by atoms with Gasteiger partial charge in [0, 0.05) is 75.0 Å². The molecule has 2 aliphatic carbocycles. The van der Waals surface area contributed by atoms with Gasteiger partial charge >= 0.3 is 30.0 Å². The van der Waals surface area contributed by atoms with Crippen molar-refractivity contribution in [2.45, 2.75) is 153 Å². The zero-order valence-corrected chi connectivity index (χ0v) is 64.1. The lowest BCUT2D eigenvalue weighted by molar-refractivity contribution is -0.135. The molecular weight excluding hydrogens is 1430 g/mol. The van der Waals surface area contributed by atoms with E-state index in [9.17, 15) is 39.0 Å². The number of phenols is 1. The van der Waals surface area contributed by atoms with E-state index in [1.165, 1.54) is 75.9 Å². The number of aliphatic hydroxyl groups excluding tert-OH is 2. The van der Waals surface area contributed by atoms with Crippen LogP contribution < -0.4 is 20.1 Å². The SMILES string of the molecule is CC(C)(C)OC(=O)N1CC[C@@H](O)C1.COC(=O)/C=C/c1ccc(O)cc1.COC(=O)/C=C/c1ccc(OC2CCNC2)cc1.O=C(O)/C=C/c1ccc(O[C@H]2CCN(C(=O)c3ccc4c(c3)nc(-c3ccoc3)n4C3CCCCC3)C2)cc1.O=C(O)c1ccc2c(c1)nc(-c1ccoc1)n2C1CCCCC1.O[C@@H]1CCNC1. The number of aromatic hydroxyl groups is 1. The minimum atomic E-state index is -0.985. The Labute approximate surface area is 651 Å². The van der Waals surface area contributed by atoms with E-state index < -0.39 is 23.5 Å². The van der Waals surface area contributed by atoms with Crippen LogP contribution in [-0.2, 0) is 28.6 Å². The fourth-order valence-corrected chi connectivity index (χ4v) is 13.8. The minimum absolute atomic E-state index is 0.0192. The summed E-state index contributed by atoms with van der Waals surface area (Å²) in [4.78, 5) is 81.5. The van der Waals surface area contributed by atoms with E-state index in [2.05, 4.69) is 29.2 Å². The summed E-state index contributed by atoms with van der Waals surface area (Å²) >= 11 is 0. The molecule has 0 bridgehead atoms. The summed E-state index contributed by atoms with van der Waals surface area (Å²) in [6, 6.07) is 37.1. The highest BCUT2D eigenvalue weighted by Gasteiger charge is 2.32. The van der Waals surface area contributed by atoms with Crippen LogP contribution >= 0.6 is 0 Å². The number of esters is 2. The second-order valence-corrected chi connectivity index (χ2v) is 29.1. The Bertz CT molecular complexity index is 4590. The number of phenolic OH excluding ortho intramolecular Hbond substituents is 1. The Hall–Kier alpha value is -11.3. The van der Waals surface area contributed by atoms with Gasteiger partial charge in [-0.1, -0.05) is 74.9 Å². The second-order valence-electron chi connectivity index (χ2n) is 29.1. The van der Waals surface area contributed by atoms with Gasteiger partial charge in [-0.15, -0.1) is 0 Å². The molecule has 112 heavy (non-hydrogen) atoms. The zero-order chi connectivity index (χ0) is 79.5.